The van der Waals surface area contributed by atoms with Gasteiger partial charge in [-0.1, -0.05) is 30.3 Å². The minimum atomic E-state index is -1.11. The zero-order valence-corrected chi connectivity index (χ0v) is 15.0. The van der Waals surface area contributed by atoms with Crippen LogP contribution in [0.15, 0.2) is 72.8 Å². The predicted molar refractivity (Wildman–Crippen MR) is 105 cm³/mol. The van der Waals surface area contributed by atoms with Crippen molar-refractivity contribution < 1.29 is 19.6 Å². The van der Waals surface area contributed by atoms with Gasteiger partial charge >= 0.3 is 0 Å². The SMILES string of the molecule is COc1ccccc1NC(=O)c1ccccc1C(O)c1ccc([N+](=O)[O-])cc1. The Morgan fingerprint density at radius 1 is 1.04 bits per heavy atom. The fraction of sp³-hybridized carbons (Fsp3) is 0.0952. The standard InChI is InChI=1S/C21H18N2O5/c1-28-19-9-5-4-8-18(19)22-21(25)17-7-3-2-6-16(17)20(24)14-10-12-15(13-11-14)23(26)27/h2-13,20,24H,1H3,(H,22,25). The number of carbonyl (C=O) groups excluding carboxylic acids is 1. The van der Waals surface area contributed by atoms with Crippen molar-refractivity contribution in [1.82, 2.24) is 0 Å². The van der Waals surface area contributed by atoms with Gasteiger partial charge in [-0.15, -0.1) is 0 Å². The molecule has 2 N–H and O–H groups in total. The Morgan fingerprint density at radius 3 is 2.36 bits per heavy atom. The molecule has 3 rings (SSSR count). The Kier molecular flexibility index (Phi) is 5.67. The molecule has 0 bridgehead atoms. The number of hydrogen-bond acceptors (Lipinski definition) is 5. The topological polar surface area (TPSA) is 102 Å². The van der Waals surface area contributed by atoms with E-state index in [0.29, 0.717) is 28.1 Å². The number of anilines is 1. The molecule has 7 heteroatoms. The fourth-order valence-electron chi connectivity index (χ4n) is 2.84. The third-order valence-electron chi connectivity index (χ3n) is 4.27. The van der Waals surface area contributed by atoms with Gasteiger partial charge in [0, 0.05) is 17.7 Å². The quantitative estimate of drug-likeness (QED) is 0.500. The highest BCUT2D eigenvalue weighted by molar-refractivity contribution is 6.06. The third kappa shape index (κ3) is 3.99. The molecule has 3 aromatic carbocycles. The van der Waals surface area contributed by atoms with E-state index in [1.165, 1.54) is 31.4 Å². The summed E-state index contributed by atoms with van der Waals surface area (Å²) in [4.78, 5) is 23.1. The molecule has 0 saturated carbocycles. The van der Waals surface area contributed by atoms with Gasteiger partial charge in [-0.05, 0) is 41.5 Å². The minimum Gasteiger partial charge on any atom is -0.495 e. The van der Waals surface area contributed by atoms with Gasteiger partial charge in [0.1, 0.15) is 11.9 Å². The molecule has 1 unspecified atom stereocenters. The van der Waals surface area contributed by atoms with Crippen LogP contribution in [-0.4, -0.2) is 23.0 Å². The summed E-state index contributed by atoms with van der Waals surface area (Å²) in [5.41, 5.74) is 1.57. The van der Waals surface area contributed by atoms with E-state index in [1.54, 1.807) is 48.5 Å². The first-order chi connectivity index (χ1) is 13.5. The molecule has 1 amide bonds. The maximum Gasteiger partial charge on any atom is 0.269 e. The Balaban J connectivity index is 1.90. The van der Waals surface area contributed by atoms with Crippen LogP contribution in [0, 0.1) is 10.1 Å². The molecule has 0 aromatic heterocycles. The molecule has 0 spiro atoms. The van der Waals surface area contributed by atoms with E-state index < -0.39 is 16.9 Å². The van der Waals surface area contributed by atoms with Gasteiger partial charge in [0.15, 0.2) is 0 Å². The highest BCUT2D eigenvalue weighted by Crippen LogP contribution is 2.28. The van der Waals surface area contributed by atoms with E-state index >= 15 is 0 Å². The number of nitro groups is 1. The number of carbonyl (C=O) groups is 1. The minimum absolute atomic E-state index is 0.0712. The fourth-order valence-corrected chi connectivity index (χ4v) is 2.84. The van der Waals surface area contributed by atoms with Gasteiger partial charge in [0.05, 0.1) is 17.7 Å². The van der Waals surface area contributed by atoms with Crippen LogP contribution in [0.4, 0.5) is 11.4 Å². The number of rotatable bonds is 6. The van der Waals surface area contributed by atoms with E-state index in [2.05, 4.69) is 5.32 Å². The Labute approximate surface area is 161 Å². The number of aliphatic hydroxyl groups excluding tert-OH is 1. The number of methoxy groups -OCH3 is 1. The number of amides is 1. The second-order valence-corrected chi connectivity index (χ2v) is 5.99. The van der Waals surface area contributed by atoms with Crippen LogP contribution in [0.1, 0.15) is 27.6 Å². The van der Waals surface area contributed by atoms with Gasteiger partial charge in [-0.3, -0.25) is 14.9 Å². The second-order valence-electron chi connectivity index (χ2n) is 5.99. The Morgan fingerprint density at radius 2 is 1.68 bits per heavy atom. The highest BCUT2D eigenvalue weighted by Gasteiger charge is 2.20. The van der Waals surface area contributed by atoms with E-state index in [4.69, 9.17) is 4.74 Å². The van der Waals surface area contributed by atoms with Crippen LogP contribution in [-0.2, 0) is 0 Å². The van der Waals surface area contributed by atoms with Crippen LogP contribution in [0.25, 0.3) is 0 Å². The molecule has 0 heterocycles. The van der Waals surface area contributed by atoms with E-state index in [-0.39, 0.29) is 5.69 Å². The van der Waals surface area contributed by atoms with Gasteiger partial charge in [0.25, 0.3) is 11.6 Å². The van der Waals surface area contributed by atoms with Crippen molar-refractivity contribution in [2.45, 2.75) is 6.10 Å². The van der Waals surface area contributed by atoms with Crippen LogP contribution in [0.3, 0.4) is 0 Å². The largest absolute Gasteiger partial charge is 0.495 e. The first-order valence-corrected chi connectivity index (χ1v) is 8.47. The lowest BCUT2D eigenvalue weighted by Crippen LogP contribution is -2.16. The van der Waals surface area contributed by atoms with Crippen molar-refractivity contribution in [1.29, 1.82) is 0 Å². The van der Waals surface area contributed by atoms with E-state index in [1.807, 2.05) is 0 Å². The normalized spacial score (nSPS) is 11.5. The van der Waals surface area contributed by atoms with E-state index in [9.17, 15) is 20.0 Å². The van der Waals surface area contributed by atoms with Crippen molar-refractivity contribution in [2.24, 2.45) is 0 Å². The monoisotopic (exact) mass is 378 g/mol. The van der Waals surface area contributed by atoms with Crippen LogP contribution in [0.5, 0.6) is 5.75 Å². The Bertz CT molecular complexity index is 1000. The second kappa shape index (κ2) is 8.32. The first kappa shape index (κ1) is 19.1. The molecular formula is C21H18N2O5. The smallest absolute Gasteiger partial charge is 0.269 e. The third-order valence-corrected chi connectivity index (χ3v) is 4.27. The number of nitro benzene ring substituents is 1. The summed E-state index contributed by atoms with van der Waals surface area (Å²) in [6.07, 6.45) is -1.11. The zero-order chi connectivity index (χ0) is 20.1. The van der Waals surface area contributed by atoms with Gasteiger partial charge in [-0.25, -0.2) is 0 Å². The maximum atomic E-state index is 12.8. The van der Waals surface area contributed by atoms with Crippen molar-refractivity contribution >= 4 is 17.3 Å². The van der Waals surface area contributed by atoms with Crippen LogP contribution in [0.2, 0.25) is 0 Å². The lowest BCUT2D eigenvalue weighted by Gasteiger charge is -2.16. The molecule has 7 nitrogen and oxygen atoms in total. The number of para-hydroxylation sites is 2. The number of non-ortho nitro benzene ring substituents is 1. The van der Waals surface area contributed by atoms with Crippen LogP contribution >= 0.6 is 0 Å². The van der Waals surface area contributed by atoms with Gasteiger partial charge in [-0.2, -0.15) is 0 Å². The lowest BCUT2D eigenvalue weighted by atomic mass is 9.96. The number of hydrogen-bond donors (Lipinski definition) is 2. The summed E-state index contributed by atoms with van der Waals surface area (Å²) < 4.78 is 5.24. The Hall–Kier alpha value is -3.71. The number of ether oxygens (including phenoxy) is 1. The van der Waals surface area contributed by atoms with Gasteiger partial charge < -0.3 is 15.2 Å². The van der Waals surface area contributed by atoms with E-state index in [0.717, 1.165) is 0 Å². The molecular weight excluding hydrogens is 360 g/mol. The first-order valence-electron chi connectivity index (χ1n) is 8.47. The molecule has 0 aliphatic rings. The zero-order valence-electron chi connectivity index (χ0n) is 15.0. The molecule has 0 aliphatic carbocycles. The summed E-state index contributed by atoms with van der Waals surface area (Å²) in [5.74, 6) is 0.116. The predicted octanol–water partition coefficient (Wildman–Crippen LogP) is 3.94. The molecule has 3 aromatic rings. The highest BCUT2D eigenvalue weighted by atomic mass is 16.6. The molecule has 1 atom stereocenters. The number of nitrogens with one attached hydrogen (secondary N) is 1. The van der Waals surface area contributed by atoms with Crippen molar-refractivity contribution in [3.63, 3.8) is 0 Å². The lowest BCUT2D eigenvalue weighted by molar-refractivity contribution is -0.384. The number of nitrogens with zero attached hydrogens (tertiary/aromatic N) is 1. The summed E-state index contributed by atoms with van der Waals surface area (Å²) >= 11 is 0. The van der Waals surface area contributed by atoms with Crippen molar-refractivity contribution in [3.05, 3.63) is 99.6 Å². The average Bonchev–Trinajstić information content (AvgIpc) is 2.73. The molecule has 0 fully saturated rings. The van der Waals surface area contributed by atoms with Crippen molar-refractivity contribution in [2.75, 3.05) is 12.4 Å². The van der Waals surface area contributed by atoms with Gasteiger partial charge in [0.2, 0.25) is 0 Å². The maximum absolute atomic E-state index is 12.8. The molecule has 28 heavy (non-hydrogen) atoms. The summed E-state index contributed by atoms with van der Waals surface area (Å²) in [7, 11) is 1.51. The summed E-state index contributed by atoms with van der Waals surface area (Å²) in [5, 5.41) is 24.3. The number of aliphatic hydroxyl groups is 1. The molecule has 0 radical (unpaired) electrons. The summed E-state index contributed by atoms with van der Waals surface area (Å²) in [6, 6.07) is 19.2. The van der Waals surface area contributed by atoms with Crippen LogP contribution < -0.4 is 10.1 Å². The summed E-state index contributed by atoms with van der Waals surface area (Å²) in [6.45, 7) is 0. The van der Waals surface area contributed by atoms with Crippen molar-refractivity contribution in [3.8, 4) is 5.75 Å². The molecule has 142 valence electrons. The molecule has 0 aliphatic heterocycles. The number of benzene rings is 3. The molecule has 0 saturated heterocycles. The average molecular weight is 378 g/mol.